The molecular formula is C14H23N7S. The highest BCUT2D eigenvalue weighted by atomic mass is 32.1. The van der Waals surface area contributed by atoms with Crippen LogP contribution in [0.1, 0.15) is 22.6 Å². The molecule has 0 amide bonds. The molecule has 0 saturated heterocycles. The summed E-state index contributed by atoms with van der Waals surface area (Å²) in [4.78, 5) is 9.83. The summed E-state index contributed by atoms with van der Waals surface area (Å²) in [6.07, 6.45) is 5.48. The molecule has 120 valence electrons. The summed E-state index contributed by atoms with van der Waals surface area (Å²) in [7, 11) is 1.78. The Kier molecular flexibility index (Phi) is 6.32. The monoisotopic (exact) mass is 321 g/mol. The van der Waals surface area contributed by atoms with Crippen LogP contribution in [0.3, 0.4) is 0 Å². The van der Waals surface area contributed by atoms with Crippen molar-refractivity contribution in [2.45, 2.75) is 33.2 Å². The van der Waals surface area contributed by atoms with Crippen molar-refractivity contribution in [1.29, 1.82) is 0 Å². The van der Waals surface area contributed by atoms with Crippen LogP contribution in [0.2, 0.25) is 0 Å². The largest absolute Gasteiger partial charge is 0.356 e. The summed E-state index contributed by atoms with van der Waals surface area (Å²) in [6.45, 7) is 6.57. The zero-order valence-electron chi connectivity index (χ0n) is 13.3. The number of hydrogen-bond donors (Lipinski definition) is 2. The molecule has 2 N–H and O–H groups in total. The van der Waals surface area contributed by atoms with Gasteiger partial charge in [-0.15, -0.1) is 21.5 Å². The van der Waals surface area contributed by atoms with Gasteiger partial charge >= 0.3 is 0 Å². The first kappa shape index (κ1) is 16.4. The van der Waals surface area contributed by atoms with Crippen LogP contribution >= 0.6 is 11.3 Å². The molecule has 22 heavy (non-hydrogen) atoms. The fraction of sp³-hybridized carbons (Fsp3) is 0.571. The maximum Gasteiger partial charge on any atom is 0.191 e. The highest BCUT2D eigenvalue weighted by Gasteiger charge is 2.03. The van der Waals surface area contributed by atoms with Gasteiger partial charge in [-0.05, 0) is 6.92 Å². The van der Waals surface area contributed by atoms with Crippen LogP contribution in [0.25, 0.3) is 0 Å². The number of rotatable bonds is 7. The van der Waals surface area contributed by atoms with E-state index in [1.165, 1.54) is 4.88 Å². The van der Waals surface area contributed by atoms with E-state index in [4.69, 9.17) is 0 Å². The summed E-state index contributed by atoms with van der Waals surface area (Å²) >= 11 is 1.74. The number of aryl methyl sites for hydroxylation is 2. The highest BCUT2D eigenvalue weighted by Crippen LogP contribution is 2.10. The van der Waals surface area contributed by atoms with Crippen molar-refractivity contribution in [1.82, 2.24) is 30.4 Å². The number of aromatic nitrogens is 4. The fourth-order valence-corrected chi connectivity index (χ4v) is 2.85. The third-order valence-electron chi connectivity index (χ3n) is 3.18. The molecule has 0 aliphatic heterocycles. The molecule has 2 rings (SSSR count). The fourth-order valence-electron chi connectivity index (χ4n) is 2.06. The minimum atomic E-state index is 0.779. The Morgan fingerprint density at radius 1 is 1.36 bits per heavy atom. The van der Waals surface area contributed by atoms with Crippen molar-refractivity contribution in [2.75, 3.05) is 20.1 Å². The van der Waals surface area contributed by atoms with E-state index in [1.54, 1.807) is 24.7 Å². The molecule has 0 aliphatic rings. The number of aliphatic imine (C=N–C) groups is 1. The van der Waals surface area contributed by atoms with E-state index >= 15 is 0 Å². The Hall–Kier alpha value is -1.96. The van der Waals surface area contributed by atoms with E-state index in [0.717, 1.165) is 49.3 Å². The predicted octanol–water partition coefficient (Wildman–Crippen LogP) is 1.01. The van der Waals surface area contributed by atoms with E-state index in [1.807, 2.05) is 6.20 Å². The molecule has 0 spiro atoms. The Bertz CT molecular complexity index is 602. The van der Waals surface area contributed by atoms with E-state index in [9.17, 15) is 0 Å². The van der Waals surface area contributed by atoms with Gasteiger partial charge in [-0.3, -0.25) is 4.99 Å². The molecule has 0 atom stereocenters. The SMILES string of the molecule is CCc1nncn1CCNC(=NC)NCCc1ncc(C)s1. The zero-order chi connectivity index (χ0) is 15.8. The highest BCUT2D eigenvalue weighted by molar-refractivity contribution is 7.11. The molecule has 7 nitrogen and oxygen atoms in total. The van der Waals surface area contributed by atoms with Gasteiger partial charge in [0.1, 0.15) is 12.2 Å². The van der Waals surface area contributed by atoms with Crippen LogP contribution in [0, 0.1) is 6.92 Å². The number of hydrogen-bond acceptors (Lipinski definition) is 5. The van der Waals surface area contributed by atoms with Crippen LogP contribution in [0.15, 0.2) is 17.5 Å². The first-order valence-corrected chi connectivity index (χ1v) is 8.27. The van der Waals surface area contributed by atoms with Gasteiger partial charge in [0.15, 0.2) is 5.96 Å². The van der Waals surface area contributed by atoms with E-state index in [2.05, 4.69) is 49.2 Å². The van der Waals surface area contributed by atoms with Crippen molar-refractivity contribution in [2.24, 2.45) is 4.99 Å². The smallest absolute Gasteiger partial charge is 0.191 e. The lowest BCUT2D eigenvalue weighted by Crippen LogP contribution is -2.39. The molecule has 2 aromatic rings. The molecule has 0 fully saturated rings. The Morgan fingerprint density at radius 2 is 2.18 bits per heavy atom. The lowest BCUT2D eigenvalue weighted by molar-refractivity contribution is 0.632. The van der Waals surface area contributed by atoms with Crippen LogP contribution in [-0.2, 0) is 19.4 Å². The first-order valence-electron chi connectivity index (χ1n) is 7.45. The summed E-state index contributed by atoms with van der Waals surface area (Å²) < 4.78 is 2.05. The van der Waals surface area contributed by atoms with E-state index in [-0.39, 0.29) is 0 Å². The van der Waals surface area contributed by atoms with E-state index < -0.39 is 0 Å². The Labute approximate surface area is 134 Å². The maximum absolute atomic E-state index is 4.35. The van der Waals surface area contributed by atoms with Crippen molar-refractivity contribution < 1.29 is 0 Å². The van der Waals surface area contributed by atoms with Gasteiger partial charge in [-0.2, -0.15) is 0 Å². The van der Waals surface area contributed by atoms with Gasteiger partial charge < -0.3 is 15.2 Å². The zero-order valence-corrected chi connectivity index (χ0v) is 14.2. The molecule has 0 unspecified atom stereocenters. The maximum atomic E-state index is 4.35. The van der Waals surface area contributed by atoms with Crippen molar-refractivity contribution in [3.63, 3.8) is 0 Å². The van der Waals surface area contributed by atoms with Gasteiger partial charge in [0.25, 0.3) is 0 Å². The third kappa shape index (κ3) is 4.80. The topological polar surface area (TPSA) is 80.0 Å². The molecule has 0 aromatic carbocycles. The van der Waals surface area contributed by atoms with Crippen LogP contribution in [0.5, 0.6) is 0 Å². The lowest BCUT2D eigenvalue weighted by atomic mass is 10.4. The van der Waals surface area contributed by atoms with Crippen LogP contribution in [-0.4, -0.2) is 45.8 Å². The van der Waals surface area contributed by atoms with Crippen molar-refractivity contribution in [3.8, 4) is 0 Å². The van der Waals surface area contributed by atoms with Crippen LogP contribution < -0.4 is 10.6 Å². The van der Waals surface area contributed by atoms with E-state index in [0.29, 0.717) is 0 Å². The summed E-state index contributed by atoms with van der Waals surface area (Å²) in [5.74, 6) is 1.81. The number of guanidine groups is 1. The molecule has 0 radical (unpaired) electrons. The molecule has 0 saturated carbocycles. The standard InChI is InChI=1S/C14H23N7S/c1-4-12-20-19-10-21(12)8-7-17-14(15-3)16-6-5-13-18-9-11(2)22-13/h9-10H,4-8H2,1-3H3,(H2,15,16,17). The normalized spacial score (nSPS) is 11.7. The predicted molar refractivity (Wildman–Crippen MR) is 89.3 cm³/mol. The molecule has 2 aromatic heterocycles. The second-order valence-electron chi connectivity index (χ2n) is 4.83. The van der Waals surface area contributed by atoms with Gasteiger partial charge in [0, 0.05) is 50.6 Å². The number of nitrogens with one attached hydrogen (secondary N) is 2. The minimum Gasteiger partial charge on any atom is -0.356 e. The summed E-state index contributed by atoms with van der Waals surface area (Å²) in [5, 5.41) is 15.7. The molecule has 8 heteroatoms. The summed E-state index contributed by atoms with van der Waals surface area (Å²) in [6, 6.07) is 0. The molecule has 0 bridgehead atoms. The van der Waals surface area contributed by atoms with Crippen molar-refractivity contribution in [3.05, 3.63) is 28.2 Å². The van der Waals surface area contributed by atoms with Gasteiger partial charge in [0.05, 0.1) is 5.01 Å². The Morgan fingerprint density at radius 3 is 2.86 bits per heavy atom. The number of thiazole rings is 1. The first-order chi connectivity index (χ1) is 10.7. The average Bonchev–Trinajstić information content (AvgIpc) is 3.14. The summed E-state index contributed by atoms with van der Waals surface area (Å²) in [5.41, 5.74) is 0. The minimum absolute atomic E-state index is 0.779. The average molecular weight is 321 g/mol. The van der Waals surface area contributed by atoms with Crippen molar-refractivity contribution >= 4 is 17.3 Å². The van der Waals surface area contributed by atoms with Gasteiger partial charge in [-0.1, -0.05) is 6.92 Å². The van der Waals surface area contributed by atoms with Gasteiger partial charge in [-0.25, -0.2) is 4.98 Å². The Balaban J connectivity index is 1.69. The quantitative estimate of drug-likeness (QED) is 0.588. The second kappa shape index (κ2) is 8.47. The number of nitrogens with zero attached hydrogens (tertiary/aromatic N) is 5. The second-order valence-corrected chi connectivity index (χ2v) is 6.15. The lowest BCUT2D eigenvalue weighted by Gasteiger charge is -2.12. The molecule has 2 heterocycles. The molecular weight excluding hydrogens is 298 g/mol. The third-order valence-corrected chi connectivity index (χ3v) is 4.15. The molecule has 0 aliphatic carbocycles. The van der Waals surface area contributed by atoms with Crippen LogP contribution in [0.4, 0.5) is 0 Å². The van der Waals surface area contributed by atoms with Gasteiger partial charge in [0.2, 0.25) is 0 Å².